The molecule has 5 heterocycles. The van der Waals surface area contributed by atoms with Crippen LogP contribution in [0.15, 0.2) is 24.5 Å². The molecule has 2 unspecified atom stereocenters. The highest BCUT2D eigenvalue weighted by molar-refractivity contribution is 6.32. The molecule has 36 heavy (non-hydrogen) atoms. The van der Waals surface area contributed by atoms with Crippen molar-refractivity contribution in [1.82, 2.24) is 24.6 Å². The molecule has 3 aliphatic heterocycles. The quantitative estimate of drug-likeness (QED) is 0.544. The third-order valence-electron chi connectivity index (χ3n) is 9.27. The molecule has 2 N–H and O–H groups in total. The minimum absolute atomic E-state index is 0.148. The standard InChI is InChI=1S/C26H30ClN7O2/c1-15-2-17-7-28-24(31-19-8-29-34(23(19)27)26-4-16(5-26)6-26)30-18(17)3-20(15)32-11-25(12-32)13-33(14-25)21-9-36-10-22(21)35/h2-3,7-8,16,21-22,35H,4-6,9-14H2,1H3,(H,28,30,31). The Bertz CT molecular complexity index is 1360. The molecule has 2 aromatic heterocycles. The molecular formula is C26H30ClN7O2. The van der Waals surface area contributed by atoms with Crippen molar-refractivity contribution in [1.29, 1.82) is 0 Å². The van der Waals surface area contributed by atoms with Crippen molar-refractivity contribution < 1.29 is 9.84 Å². The normalized spacial score (nSPS) is 32.2. The van der Waals surface area contributed by atoms with Crippen LogP contribution >= 0.6 is 11.6 Å². The van der Waals surface area contributed by atoms with Gasteiger partial charge in [0.05, 0.1) is 48.3 Å². The first-order valence-corrected chi connectivity index (χ1v) is 13.3. The van der Waals surface area contributed by atoms with Crippen molar-refractivity contribution in [3.05, 3.63) is 35.2 Å². The Morgan fingerprint density at radius 3 is 2.61 bits per heavy atom. The molecule has 1 spiro atoms. The molecule has 6 fully saturated rings. The molecule has 6 aliphatic rings. The number of aromatic nitrogens is 4. The van der Waals surface area contributed by atoms with E-state index in [0.717, 1.165) is 48.7 Å². The van der Waals surface area contributed by atoms with Crippen molar-refractivity contribution in [2.75, 3.05) is 49.6 Å². The van der Waals surface area contributed by atoms with Crippen LogP contribution in [-0.4, -0.2) is 81.3 Å². The van der Waals surface area contributed by atoms with Crippen LogP contribution in [0.25, 0.3) is 10.9 Å². The number of aliphatic hydroxyl groups is 1. The van der Waals surface area contributed by atoms with Crippen molar-refractivity contribution in [2.24, 2.45) is 11.3 Å². The summed E-state index contributed by atoms with van der Waals surface area (Å²) in [5.74, 6) is 1.39. The minimum Gasteiger partial charge on any atom is -0.389 e. The van der Waals surface area contributed by atoms with E-state index in [1.807, 2.05) is 10.9 Å². The Balaban J connectivity index is 0.986. The third-order valence-corrected chi connectivity index (χ3v) is 9.63. The highest BCUT2D eigenvalue weighted by Gasteiger charge is 2.59. The van der Waals surface area contributed by atoms with E-state index >= 15 is 0 Å². The van der Waals surface area contributed by atoms with Crippen LogP contribution in [0.3, 0.4) is 0 Å². The molecule has 3 aromatic rings. The molecule has 9 nitrogen and oxygen atoms in total. The van der Waals surface area contributed by atoms with Gasteiger partial charge in [0.1, 0.15) is 0 Å². The van der Waals surface area contributed by atoms with Crippen LogP contribution in [-0.2, 0) is 10.3 Å². The van der Waals surface area contributed by atoms with Crippen LogP contribution in [0.2, 0.25) is 5.15 Å². The number of hydrogen-bond donors (Lipinski definition) is 2. The number of benzene rings is 1. The Morgan fingerprint density at radius 1 is 1.11 bits per heavy atom. The van der Waals surface area contributed by atoms with E-state index in [9.17, 15) is 5.11 Å². The fraction of sp³-hybridized carbons (Fsp3) is 0.577. The lowest BCUT2D eigenvalue weighted by molar-refractivity contribution is -0.0975. The molecule has 3 saturated carbocycles. The van der Waals surface area contributed by atoms with E-state index in [1.165, 1.54) is 30.5 Å². The number of rotatable bonds is 5. The monoisotopic (exact) mass is 507 g/mol. The first-order chi connectivity index (χ1) is 17.4. The predicted molar refractivity (Wildman–Crippen MR) is 137 cm³/mol. The maximum atomic E-state index is 10.1. The summed E-state index contributed by atoms with van der Waals surface area (Å²) in [6.07, 6.45) is 6.88. The number of aliphatic hydroxyl groups excluding tert-OH is 1. The molecule has 3 aliphatic carbocycles. The molecule has 10 heteroatoms. The van der Waals surface area contributed by atoms with E-state index in [-0.39, 0.29) is 17.7 Å². The highest BCUT2D eigenvalue weighted by atomic mass is 35.5. The zero-order chi connectivity index (χ0) is 24.2. The molecule has 188 valence electrons. The lowest BCUT2D eigenvalue weighted by atomic mass is 9.50. The van der Waals surface area contributed by atoms with Gasteiger partial charge in [0.25, 0.3) is 0 Å². The first kappa shape index (κ1) is 21.6. The van der Waals surface area contributed by atoms with Gasteiger partial charge < -0.3 is 20.1 Å². The van der Waals surface area contributed by atoms with Gasteiger partial charge in [0.2, 0.25) is 5.95 Å². The van der Waals surface area contributed by atoms with Crippen LogP contribution in [0.5, 0.6) is 0 Å². The number of likely N-dealkylation sites (tertiary alicyclic amines) is 1. The summed E-state index contributed by atoms with van der Waals surface area (Å²) in [6, 6.07) is 4.52. The maximum Gasteiger partial charge on any atom is 0.227 e. The van der Waals surface area contributed by atoms with Crippen molar-refractivity contribution in [3.63, 3.8) is 0 Å². The second kappa shape index (κ2) is 7.31. The van der Waals surface area contributed by atoms with Crippen LogP contribution in [0.4, 0.5) is 17.3 Å². The van der Waals surface area contributed by atoms with E-state index in [4.69, 9.17) is 21.3 Å². The average molecular weight is 508 g/mol. The van der Waals surface area contributed by atoms with Gasteiger partial charge in [-0.15, -0.1) is 0 Å². The topological polar surface area (TPSA) is 91.6 Å². The van der Waals surface area contributed by atoms with Gasteiger partial charge in [0.15, 0.2) is 5.15 Å². The SMILES string of the molecule is Cc1cc2cnc(Nc3cnn(C45CC(C4)C5)c3Cl)nc2cc1N1CC2(C1)CN(C1COCC1O)C2. The van der Waals surface area contributed by atoms with Crippen LogP contribution in [0.1, 0.15) is 24.8 Å². The van der Waals surface area contributed by atoms with Crippen LogP contribution in [0, 0.1) is 18.3 Å². The largest absolute Gasteiger partial charge is 0.389 e. The summed E-state index contributed by atoms with van der Waals surface area (Å²) in [5.41, 5.74) is 4.62. The summed E-state index contributed by atoms with van der Waals surface area (Å²) >= 11 is 6.69. The second-order valence-electron chi connectivity index (χ2n) is 11.9. The van der Waals surface area contributed by atoms with Crippen molar-refractivity contribution in [3.8, 4) is 0 Å². The third kappa shape index (κ3) is 3.03. The smallest absolute Gasteiger partial charge is 0.227 e. The molecule has 3 saturated heterocycles. The van der Waals surface area contributed by atoms with Gasteiger partial charge in [-0.2, -0.15) is 5.10 Å². The lowest BCUT2D eigenvalue weighted by Gasteiger charge is -2.62. The minimum atomic E-state index is -0.351. The number of fused-ring (bicyclic) bond motifs is 1. The number of hydrogen-bond acceptors (Lipinski definition) is 8. The number of halogens is 1. The van der Waals surface area contributed by atoms with Gasteiger partial charge in [0, 0.05) is 48.9 Å². The first-order valence-electron chi connectivity index (χ1n) is 12.9. The van der Waals surface area contributed by atoms with Crippen LogP contribution < -0.4 is 10.2 Å². The summed E-state index contributed by atoms with van der Waals surface area (Å²) in [7, 11) is 0. The van der Waals surface area contributed by atoms with Gasteiger partial charge >= 0.3 is 0 Å². The number of aryl methyl sites for hydroxylation is 1. The number of nitrogens with zero attached hydrogens (tertiary/aromatic N) is 6. The number of nitrogens with one attached hydrogen (secondary N) is 1. The molecule has 2 bridgehead atoms. The summed E-state index contributed by atoms with van der Waals surface area (Å²) in [5, 5.41) is 19.7. The van der Waals surface area contributed by atoms with Crippen molar-refractivity contribution >= 4 is 39.8 Å². The number of ether oxygens (including phenoxy) is 1. The molecule has 0 amide bonds. The fourth-order valence-electron chi connectivity index (χ4n) is 7.21. The fourth-order valence-corrected chi connectivity index (χ4v) is 7.53. The summed E-state index contributed by atoms with van der Waals surface area (Å²) in [4.78, 5) is 14.2. The Hall–Kier alpha value is -2.46. The highest BCUT2D eigenvalue weighted by Crippen LogP contribution is 2.63. The zero-order valence-electron chi connectivity index (χ0n) is 20.3. The Labute approximate surface area is 214 Å². The van der Waals surface area contributed by atoms with Gasteiger partial charge in [-0.3, -0.25) is 4.90 Å². The maximum absolute atomic E-state index is 10.1. The molecular weight excluding hydrogens is 478 g/mol. The van der Waals surface area contributed by atoms with Gasteiger partial charge in [-0.25, -0.2) is 14.6 Å². The molecule has 2 atom stereocenters. The predicted octanol–water partition coefficient (Wildman–Crippen LogP) is 2.92. The van der Waals surface area contributed by atoms with E-state index in [1.54, 1.807) is 6.20 Å². The summed E-state index contributed by atoms with van der Waals surface area (Å²) in [6.45, 7) is 7.41. The van der Waals surface area contributed by atoms with E-state index < -0.39 is 0 Å². The van der Waals surface area contributed by atoms with Gasteiger partial charge in [-0.1, -0.05) is 11.6 Å². The number of anilines is 3. The van der Waals surface area contributed by atoms with E-state index in [2.05, 4.69) is 44.3 Å². The van der Waals surface area contributed by atoms with Gasteiger partial charge in [-0.05, 0) is 49.8 Å². The van der Waals surface area contributed by atoms with Crippen molar-refractivity contribution in [2.45, 2.75) is 43.9 Å². The van der Waals surface area contributed by atoms with E-state index in [0.29, 0.717) is 29.7 Å². The summed E-state index contributed by atoms with van der Waals surface area (Å²) < 4.78 is 7.43. The second-order valence-corrected chi connectivity index (χ2v) is 12.3. The molecule has 9 rings (SSSR count). The Morgan fingerprint density at radius 2 is 1.92 bits per heavy atom. The Kier molecular flexibility index (Phi) is 4.39. The molecule has 1 aromatic carbocycles. The lowest BCUT2D eigenvalue weighted by Crippen LogP contribution is -2.74. The molecule has 0 radical (unpaired) electrons. The average Bonchev–Trinajstić information content (AvgIpc) is 3.31. The zero-order valence-corrected chi connectivity index (χ0v) is 21.1.